The van der Waals surface area contributed by atoms with Crippen molar-refractivity contribution in [2.24, 2.45) is 10.2 Å². The number of benzene rings is 2. The molecule has 3 atom stereocenters. The third kappa shape index (κ3) is 9.01. The SMILES string of the molecule is N=CCOP(=O)(O)OP(=O)(O)OP(=O)(O)OC(=O)c1ccc(N=Nc2ccccc2)cc1. The summed E-state index contributed by atoms with van der Waals surface area (Å²) in [6, 6.07) is 13.8. The Balaban J connectivity index is 2.00. The summed E-state index contributed by atoms with van der Waals surface area (Å²) in [6.45, 7) is -0.763. The minimum absolute atomic E-state index is 0.252. The lowest BCUT2D eigenvalue weighted by Gasteiger charge is -2.17. The van der Waals surface area contributed by atoms with Crippen LogP contribution in [0.3, 0.4) is 0 Å². The molecule has 0 bridgehead atoms. The Labute approximate surface area is 180 Å². The van der Waals surface area contributed by atoms with Gasteiger partial charge in [0.05, 0.1) is 23.5 Å². The van der Waals surface area contributed by atoms with Crippen LogP contribution in [0.5, 0.6) is 0 Å². The van der Waals surface area contributed by atoms with Gasteiger partial charge in [-0.15, -0.1) is 0 Å². The van der Waals surface area contributed by atoms with Gasteiger partial charge in [0.2, 0.25) is 0 Å². The van der Waals surface area contributed by atoms with E-state index in [1.807, 2.05) is 0 Å². The van der Waals surface area contributed by atoms with Crippen molar-refractivity contribution in [1.29, 1.82) is 5.41 Å². The predicted molar refractivity (Wildman–Crippen MR) is 109 cm³/mol. The molecule has 17 heteroatoms. The molecule has 0 radical (unpaired) electrons. The van der Waals surface area contributed by atoms with Crippen molar-refractivity contribution in [2.45, 2.75) is 0 Å². The molecule has 32 heavy (non-hydrogen) atoms. The molecule has 2 aromatic carbocycles. The minimum atomic E-state index is -5.70. The summed E-state index contributed by atoms with van der Waals surface area (Å²) >= 11 is 0. The van der Waals surface area contributed by atoms with Gasteiger partial charge in [0, 0.05) is 6.21 Å². The molecule has 14 nitrogen and oxygen atoms in total. The zero-order chi connectivity index (χ0) is 23.8. The lowest BCUT2D eigenvalue weighted by Crippen LogP contribution is -2.05. The molecule has 3 unspecified atom stereocenters. The molecule has 0 spiro atoms. The van der Waals surface area contributed by atoms with Crippen LogP contribution < -0.4 is 0 Å². The number of nitrogens with zero attached hydrogens (tertiary/aromatic N) is 2. The van der Waals surface area contributed by atoms with Crippen molar-refractivity contribution in [3.05, 3.63) is 60.2 Å². The lowest BCUT2D eigenvalue weighted by molar-refractivity contribution is 0.0676. The molecule has 2 rings (SSSR count). The number of phosphoric ester groups is 2. The lowest BCUT2D eigenvalue weighted by atomic mass is 10.2. The second-order valence-corrected chi connectivity index (χ2v) is 10.1. The molecule has 0 heterocycles. The zero-order valence-electron chi connectivity index (χ0n) is 15.8. The molecule has 0 aliphatic rings. The minimum Gasteiger partial charge on any atom is -0.366 e. The maximum atomic E-state index is 12.0. The van der Waals surface area contributed by atoms with E-state index in [0.29, 0.717) is 17.6 Å². The van der Waals surface area contributed by atoms with Crippen LogP contribution in [0.1, 0.15) is 10.4 Å². The summed E-state index contributed by atoms with van der Waals surface area (Å²) in [4.78, 5) is 40.1. The van der Waals surface area contributed by atoms with Crippen molar-refractivity contribution >= 4 is 47.0 Å². The van der Waals surface area contributed by atoms with Gasteiger partial charge in [0.25, 0.3) is 0 Å². The summed E-state index contributed by atoms with van der Waals surface area (Å²) in [6.07, 6.45) is 0.530. The molecule has 0 aliphatic heterocycles. The van der Waals surface area contributed by atoms with Crippen LogP contribution in [0, 0.1) is 5.41 Å². The number of phosphoric acid groups is 3. The monoisotopic (exact) mass is 507 g/mol. The highest BCUT2D eigenvalue weighted by Crippen LogP contribution is 2.67. The van der Waals surface area contributed by atoms with E-state index >= 15 is 0 Å². The number of azo groups is 1. The van der Waals surface area contributed by atoms with Crippen molar-refractivity contribution in [3.63, 3.8) is 0 Å². The second-order valence-electron chi connectivity index (χ2n) is 5.53. The predicted octanol–water partition coefficient (Wildman–Crippen LogP) is 4.26. The highest BCUT2D eigenvalue weighted by molar-refractivity contribution is 7.67. The summed E-state index contributed by atoms with van der Waals surface area (Å²) in [5.41, 5.74) is 0.670. The van der Waals surface area contributed by atoms with E-state index in [9.17, 15) is 33.2 Å². The number of carbonyl (C=O) groups is 1. The largest absolute Gasteiger partial charge is 0.538 e. The maximum Gasteiger partial charge on any atom is 0.538 e. The third-order valence-electron chi connectivity index (χ3n) is 3.07. The van der Waals surface area contributed by atoms with Crippen LogP contribution in [0.4, 0.5) is 11.4 Å². The van der Waals surface area contributed by atoms with Gasteiger partial charge < -0.3 is 19.7 Å². The standard InChI is InChI=1S/C15H16N3O11P3/c16-10-11-26-30(20,21)28-32(24,25)29-31(22,23)27-15(19)12-6-8-14(9-7-12)18-17-13-4-2-1-3-5-13/h1-10,16H,11H2,(H,20,21)(H,22,23)(H,24,25). The molecule has 0 saturated heterocycles. The van der Waals surface area contributed by atoms with E-state index in [1.165, 1.54) is 24.3 Å². The Morgan fingerprint density at radius 1 is 0.844 bits per heavy atom. The normalized spacial score (nSPS) is 17.1. The average molecular weight is 507 g/mol. The molecule has 172 valence electrons. The van der Waals surface area contributed by atoms with Crippen LogP contribution >= 0.6 is 23.5 Å². The fraction of sp³-hybridized carbons (Fsp3) is 0.0667. The van der Waals surface area contributed by atoms with E-state index in [-0.39, 0.29) is 5.56 Å². The third-order valence-corrected chi connectivity index (χ3v) is 7.25. The average Bonchev–Trinajstić information content (AvgIpc) is 2.69. The molecule has 0 amide bonds. The fourth-order valence-corrected chi connectivity index (χ4v) is 5.25. The summed E-state index contributed by atoms with van der Waals surface area (Å²) in [7, 11) is -16.5. The Morgan fingerprint density at radius 2 is 1.38 bits per heavy atom. The molecule has 0 saturated carbocycles. The smallest absolute Gasteiger partial charge is 0.366 e. The molecule has 0 aliphatic carbocycles. The van der Waals surface area contributed by atoms with Gasteiger partial charge >= 0.3 is 29.4 Å². The number of hydrogen-bond acceptors (Lipinski definition) is 11. The van der Waals surface area contributed by atoms with Gasteiger partial charge in [-0.1, -0.05) is 18.2 Å². The molecule has 0 aromatic heterocycles. The van der Waals surface area contributed by atoms with E-state index in [0.717, 1.165) is 0 Å². The van der Waals surface area contributed by atoms with E-state index in [2.05, 4.69) is 27.9 Å². The highest BCUT2D eigenvalue weighted by Gasteiger charge is 2.43. The topological polar surface area (TPSA) is 214 Å². The van der Waals surface area contributed by atoms with E-state index in [1.54, 1.807) is 30.3 Å². The van der Waals surface area contributed by atoms with Crippen LogP contribution in [-0.2, 0) is 31.4 Å². The van der Waals surface area contributed by atoms with Crippen molar-refractivity contribution in [2.75, 3.05) is 6.61 Å². The van der Waals surface area contributed by atoms with E-state index < -0.39 is 36.0 Å². The Hall–Kier alpha value is -2.37. The molecule has 4 N–H and O–H groups in total. The van der Waals surface area contributed by atoms with Gasteiger partial charge in [-0.05, 0) is 36.4 Å². The fourth-order valence-electron chi connectivity index (χ4n) is 1.88. The Kier molecular flexibility index (Phi) is 8.88. The summed E-state index contributed by atoms with van der Waals surface area (Å²) in [5.74, 6) is -1.42. The van der Waals surface area contributed by atoms with E-state index in [4.69, 9.17) is 5.41 Å². The Morgan fingerprint density at radius 3 is 1.94 bits per heavy atom. The molecular weight excluding hydrogens is 491 g/mol. The number of carbonyl (C=O) groups excluding carboxylic acids is 1. The summed E-state index contributed by atoms with van der Waals surface area (Å²) in [5, 5.41) is 14.5. The highest BCUT2D eigenvalue weighted by atomic mass is 31.3. The molecular formula is C15H16N3O11P3. The van der Waals surface area contributed by atoms with Crippen molar-refractivity contribution < 1.29 is 50.8 Å². The summed E-state index contributed by atoms with van der Waals surface area (Å²) < 4.78 is 50.7. The van der Waals surface area contributed by atoms with Gasteiger partial charge in [-0.2, -0.15) is 18.8 Å². The van der Waals surface area contributed by atoms with Gasteiger partial charge in [-0.25, -0.2) is 18.5 Å². The van der Waals surface area contributed by atoms with Crippen molar-refractivity contribution in [3.8, 4) is 0 Å². The molecule has 2 aromatic rings. The van der Waals surface area contributed by atoms with Crippen LogP contribution in [0.25, 0.3) is 0 Å². The van der Waals surface area contributed by atoms with Gasteiger partial charge in [-0.3, -0.25) is 9.42 Å². The number of rotatable bonds is 11. The quantitative estimate of drug-likeness (QED) is 0.191. The first-order valence-corrected chi connectivity index (χ1v) is 12.8. The number of nitrogens with one attached hydrogen (secondary N) is 1. The van der Waals surface area contributed by atoms with Crippen molar-refractivity contribution in [1.82, 2.24) is 0 Å². The second kappa shape index (κ2) is 11.0. The number of hydrogen-bond donors (Lipinski definition) is 4. The maximum absolute atomic E-state index is 12.0. The molecule has 0 fully saturated rings. The van der Waals surface area contributed by atoms with Crippen LogP contribution in [0.15, 0.2) is 64.8 Å². The van der Waals surface area contributed by atoms with Crippen LogP contribution in [-0.4, -0.2) is 33.5 Å². The van der Waals surface area contributed by atoms with Gasteiger partial charge in [0.15, 0.2) is 0 Å². The first kappa shape index (κ1) is 25.9. The first-order chi connectivity index (χ1) is 14.9. The Bertz CT molecular complexity index is 1120. The van der Waals surface area contributed by atoms with Gasteiger partial charge in [0.1, 0.15) is 0 Å². The zero-order valence-corrected chi connectivity index (χ0v) is 18.5. The first-order valence-electron chi connectivity index (χ1n) is 8.27. The van der Waals surface area contributed by atoms with Crippen LogP contribution in [0.2, 0.25) is 0 Å².